The zero-order valence-corrected chi connectivity index (χ0v) is 18.8. The van der Waals surface area contributed by atoms with Gasteiger partial charge in [-0.2, -0.15) is 0 Å². The minimum Gasteiger partial charge on any atom is -0.464 e. The van der Waals surface area contributed by atoms with E-state index in [9.17, 15) is 14.4 Å². The van der Waals surface area contributed by atoms with Gasteiger partial charge in [0.05, 0.1) is 24.1 Å². The fraction of sp³-hybridized carbons (Fsp3) is 0.280. The van der Waals surface area contributed by atoms with Crippen LogP contribution in [-0.4, -0.2) is 41.0 Å². The lowest BCUT2D eigenvalue weighted by atomic mass is 10.1. The first-order valence-corrected chi connectivity index (χ1v) is 10.6. The summed E-state index contributed by atoms with van der Waals surface area (Å²) in [5.41, 5.74) is 2.58. The normalized spacial score (nSPS) is 11.5. The molecule has 33 heavy (non-hydrogen) atoms. The molecule has 0 saturated heterocycles. The molecule has 0 aliphatic heterocycles. The minimum absolute atomic E-state index is 0.185. The highest BCUT2D eigenvalue weighted by Crippen LogP contribution is 2.20. The van der Waals surface area contributed by atoms with E-state index in [-0.39, 0.29) is 18.1 Å². The Morgan fingerprint density at radius 1 is 1.24 bits per heavy atom. The van der Waals surface area contributed by atoms with Crippen LogP contribution in [0.25, 0.3) is 10.9 Å². The number of aryl methyl sites for hydroxylation is 1. The van der Waals surface area contributed by atoms with Crippen LogP contribution >= 0.6 is 0 Å². The number of aromatic amines is 1. The molecular formula is C25H26N4O4. The van der Waals surface area contributed by atoms with Crippen LogP contribution in [0.3, 0.4) is 0 Å². The fourth-order valence-corrected chi connectivity index (χ4v) is 3.40. The lowest BCUT2D eigenvalue weighted by Gasteiger charge is -2.23. The van der Waals surface area contributed by atoms with Crippen molar-refractivity contribution in [2.75, 3.05) is 18.1 Å². The number of nitrogens with one attached hydrogen (secondary N) is 2. The summed E-state index contributed by atoms with van der Waals surface area (Å²) in [5, 5.41) is 3.14. The Labute approximate surface area is 192 Å². The summed E-state index contributed by atoms with van der Waals surface area (Å²) in [4.78, 5) is 45.5. The van der Waals surface area contributed by atoms with Crippen LogP contribution in [0.2, 0.25) is 0 Å². The SMILES string of the molecule is C#CCN(Cc1ccc2nc(C)[nH]c(=O)c2c1)c1ccc(C(=O)N[C@@H](C)C(=O)OCC)cc1. The Kier molecular flexibility index (Phi) is 7.46. The van der Waals surface area contributed by atoms with E-state index in [0.29, 0.717) is 35.4 Å². The highest BCUT2D eigenvalue weighted by molar-refractivity contribution is 5.97. The number of benzene rings is 2. The Morgan fingerprint density at radius 3 is 2.64 bits per heavy atom. The van der Waals surface area contributed by atoms with Crippen LogP contribution in [-0.2, 0) is 16.1 Å². The molecular weight excluding hydrogens is 420 g/mol. The van der Waals surface area contributed by atoms with Crippen LogP contribution in [0.1, 0.15) is 35.6 Å². The van der Waals surface area contributed by atoms with Crippen LogP contribution in [0.15, 0.2) is 47.3 Å². The second kappa shape index (κ2) is 10.5. The van der Waals surface area contributed by atoms with Crippen molar-refractivity contribution in [3.05, 3.63) is 69.8 Å². The van der Waals surface area contributed by atoms with Crippen molar-refractivity contribution in [2.45, 2.75) is 33.4 Å². The van der Waals surface area contributed by atoms with Crippen LogP contribution in [0.4, 0.5) is 5.69 Å². The van der Waals surface area contributed by atoms with E-state index in [0.717, 1.165) is 11.3 Å². The number of anilines is 1. The van der Waals surface area contributed by atoms with Crippen molar-refractivity contribution in [3.8, 4) is 12.3 Å². The molecule has 1 amide bonds. The van der Waals surface area contributed by atoms with Crippen molar-refractivity contribution in [2.24, 2.45) is 0 Å². The van der Waals surface area contributed by atoms with Gasteiger partial charge in [0, 0.05) is 17.8 Å². The first-order valence-electron chi connectivity index (χ1n) is 10.6. The molecule has 8 nitrogen and oxygen atoms in total. The number of nitrogens with zero attached hydrogens (tertiary/aromatic N) is 2. The van der Waals surface area contributed by atoms with Gasteiger partial charge in [-0.1, -0.05) is 12.0 Å². The van der Waals surface area contributed by atoms with E-state index in [2.05, 4.69) is 21.2 Å². The molecule has 1 aromatic heterocycles. The summed E-state index contributed by atoms with van der Waals surface area (Å²) >= 11 is 0. The molecule has 0 unspecified atom stereocenters. The van der Waals surface area contributed by atoms with Crippen LogP contribution in [0.5, 0.6) is 0 Å². The summed E-state index contributed by atoms with van der Waals surface area (Å²) < 4.78 is 4.91. The largest absolute Gasteiger partial charge is 0.464 e. The molecule has 2 N–H and O–H groups in total. The summed E-state index contributed by atoms with van der Waals surface area (Å²) in [5.74, 6) is 2.35. The van der Waals surface area contributed by atoms with Gasteiger partial charge >= 0.3 is 5.97 Å². The summed E-state index contributed by atoms with van der Waals surface area (Å²) in [7, 11) is 0. The van der Waals surface area contributed by atoms with Crippen LogP contribution in [0, 0.1) is 19.3 Å². The predicted octanol–water partition coefficient (Wildman–Crippen LogP) is 2.55. The zero-order chi connectivity index (χ0) is 24.0. The van der Waals surface area contributed by atoms with Crippen molar-refractivity contribution >= 4 is 28.5 Å². The first-order chi connectivity index (χ1) is 15.8. The number of esters is 1. The van der Waals surface area contributed by atoms with Gasteiger partial charge in [0.2, 0.25) is 0 Å². The second-order valence-electron chi connectivity index (χ2n) is 7.56. The van der Waals surface area contributed by atoms with E-state index in [1.807, 2.05) is 23.1 Å². The molecule has 0 spiro atoms. The van der Waals surface area contributed by atoms with Crippen molar-refractivity contribution in [1.82, 2.24) is 15.3 Å². The van der Waals surface area contributed by atoms with Gasteiger partial charge in [0.25, 0.3) is 11.5 Å². The molecule has 1 atom stereocenters. The highest BCUT2D eigenvalue weighted by atomic mass is 16.5. The summed E-state index contributed by atoms with van der Waals surface area (Å²) in [6, 6.07) is 11.7. The van der Waals surface area contributed by atoms with E-state index in [1.165, 1.54) is 0 Å². The molecule has 3 aromatic rings. The molecule has 170 valence electrons. The van der Waals surface area contributed by atoms with Gasteiger partial charge in [-0.3, -0.25) is 9.59 Å². The summed E-state index contributed by atoms with van der Waals surface area (Å²) in [6.07, 6.45) is 5.57. The average molecular weight is 447 g/mol. The lowest BCUT2D eigenvalue weighted by molar-refractivity contribution is -0.144. The average Bonchev–Trinajstić information content (AvgIpc) is 2.79. The molecule has 0 bridgehead atoms. The number of H-pyrrole nitrogens is 1. The number of aromatic nitrogens is 2. The maximum atomic E-state index is 12.4. The van der Waals surface area contributed by atoms with E-state index in [4.69, 9.17) is 11.2 Å². The monoisotopic (exact) mass is 446 g/mol. The van der Waals surface area contributed by atoms with Gasteiger partial charge in [-0.05, 0) is 62.7 Å². The Balaban J connectivity index is 1.77. The highest BCUT2D eigenvalue weighted by Gasteiger charge is 2.18. The molecule has 2 aromatic carbocycles. The molecule has 0 aliphatic carbocycles. The molecule has 8 heteroatoms. The number of amides is 1. The molecule has 0 aliphatic rings. The van der Waals surface area contributed by atoms with Gasteiger partial charge in [0.15, 0.2) is 0 Å². The number of ether oxygens (including phenoxy) is 1. The maximum absolute atomic E-state index is 12.4. The quantitative estimate of drug-likeness (QED) is 0.407. The third kappa shape index (κ3) is 5.77. The number of rotatable bonds is 8. The number of hydrogen-bond donors (Lipinski definition) is 2. The maximum Gasteiger partial charge on any atom is 0.328 e. The molecule has 3 rings (SSSR count). The van der Waals surface area contributed by atoms with E-state index >= 15 is 0 Å². The first kappa shape index (κ1) is 23.5. The van der Waals surface area contributed by atoms with E-state index in [1.54, 1.807) is 45.0 Å². The fourth-order valence-electron chi connectivity index (χ4n) is 3.40. The second-order valence-corrected chi connectivity index (χ2v) is 7.56. The third-order valence-corrected chi connectivity index (χ3v) is 5.03. The topological polar surface area (TPSA) is 104 Å². The van der Waals surface area contributed by atoms with Gasteiger partial charge in [0.1, 0.15) is 11.9 Å². The Bertz CT molecular complexity index is 1260. The van der Waals surface area contributed by atoms with Gasteiger partial charge < -0.3 is 19.9 Å². The van der Waals surface area contributed by atoms with Crippen molar-refractivity contribution in [1.29, 1.82) is 0 Å². The Hall–Kier alpha value is -4.12. The number of hydrogen-bond acceptors (Lipinski definition) is 6. The molecule has 0 saturated carbocycles. The van der Waals surface area contributed by atoms with Gasteiger partial charge in [-0.15, -0.1) is 6.42 Å². The number of carbonyl (C=O) groups is 2. The lowest BCUT2D eigenvalue weighted by Crippen LogP contribution is -2.39. The molecule has 0 fully saturated rings. The van der Waals surface area contributed by atoms with Gasteiger partial charge in [-0.25, -0.2) is 9.78 Å². The third-order valence-electron chi connectivity index (χ3n) is 5.03. The number of carbonyl (C=O) groups excluding carboxylic acids is 2. The van der Waals surface area contributed by atoms with E-state index < -0.39 is 12.0 Å². The number of fused-ring (bicyclic) bond motifs is 1. The minimum atomic E-state index is -0.746. The standard InChI is InChI=1S/C25H26N4O4/c1-5-13-29(15-18-7-12-22-21(14-18)24(31)28-17(4)27-22)20-10-8-19(9-11-20)23(30)26-16(3)25(32)33-6-2/h1,7-12,14,16H,6,13,15H2,2-4H3,(H,26,30)(H,27,28,31)/t16-/m0/s1. The van der Waals surface area contributed by atoms with Crippen molar-refractivity contribution < 1.29 is 14.3 Å². The van der Waals surface area contributed by atoms with Crippen molar-refractivity contribution in [3.63, 3.8) is 0 Å². The molecule has 0 radical (unpaired) electrons. The van der Waals surface area contributed by atoms with Crippen LogP contribution < -0.4 is 15.8 Å². The summed E-state index contributed by atoms with van der Waals surface area (Å²) in [6.45, 7) is 6.08. The Morgan fingerprint density at radius 2 is 1.97 bits per heavy atom. The zero-order valence-electron chi connectivity index (χ0n) is 18.8. The smallest absolute Gasteiger partial charge is 0.328 e. The molecule has 1 heterocycles. The number of terminal acetylenes is 1. The predicted molar refractivity (Wildman–Crippen MR) is 127 cm³/mol.